The van der Waals surface area contributed by atoms with Gasteiger partial charge in [0, 0.05) is 0 Å². The van der Waals surface area contributed by atoms with E-state index in [9.17, 15) is 40.5 Å². The Kier molecular flexibility index (Phi) is 37.5. The molecule has 9 atom stereocenters. The van der Waals surface area contributed by atoms with Crippen LogP contribution in [0.4, 0.5) is 0 Å². The van der Waals surface area contributed by atoms with Gasteiger partial charge in [-0.25, -0.2) is 0 Å². The predicted octanol–water partition coefficient (Wildman–Crippen LogP) is 8.78. The van der Waals surface area contributed by atoms with Gasteiger partial charge < -0.3 is 50.5 Å². The second-order valence-electron chi connectivity index (χ2n) is 17.5. The van der Waals surface area contributed by atoms with Gasteiger partial charge in [0.15, 0.2) is 6.29 Å². The summed E-state index contributed by atoms with van der Waals surface area (Å²) in [5, 5.41) is 75.7. The molecule has 0 saturated carbocycles. The number of hydrogen-bond donors (Lipinski definition) is 8. The Morgan fingerprint density at radius 2 is 0.984 bits per heavy atom. The molecule has 1 amide bonds. The summed E-state index contributed by atoms with van der Waals surface area (Å²) in [7, 11) is 0. The SMILES string of the molecule is CCCCCCCCCCC/C=C/CC/C=C/CC/C=C/CCCC(O)C(O)C(COC1OC(CO)C(O)C(O)C1O)NC(=O)C(O)CCCCCCCCCCCCCC. The summed E-state index contributed by atoms with van der Waals surface area (Å²) in [6, 6.07) is -1.19. The molecule has 0 aromatic heterocycles. The maximum atomic E-state index is 13.1. The first-order valence-electron chi connectivity index (χ1n) is 24.9. The lowest BCUT2D eigenvalue weighted by molar-refractivity contribution is -0.303. The van der Waals surface area contributed by atoms with Crippen LogP contribution >= 0.6 is 0 Å². The van der Waals surface area contributed by atoms with E-state index in [2.05, 4.69) is 55.6 Å². The first-order valence-corrected chi connectivity index (χ1v) is 24.9. The summed E-state index contributed by atoms with van der Waals surface area (Å²) in [4.78, 5) is 13.1. The molecule has 61 heavy (non-hydrogen) atoms. The number of aliphatic hydroxyl groups is 7. The highest BCUT2D eigenvalue weighted by atomic mass is 16.7. The first kappa shape index (κ1) is 57.3. The van der Waals surface area contributed by atoms with Crippen LogP contribution in [0.25, 0.3) is 0 Å². The van der Waals surface area contributed by atoms with Crippen molar-refractivity contribution >= 4 is 5.91 Å². The fraction of sp³-hybridized carbons (Fsp3) is 0.860. The number of nitrogens with one attached hydrogen (secondary N) is 1. The number of allylic oxidation sites excluding steroid dienone is 6. The Morgan fingerprint density at radius 1 is 0.557 bits per heavy atom. The number of hydrogen-bond acceptors (Lipinski definition) is 10. The summed E-state index contributed by atoms with van der Waals surface area (Å²) < 4.78 is 11.1. The maximum Gasteiger partial charge on any atom is 0.249 e. The summed E-state index contributed by atoms with van der Waals surface area (Å²) >= 11 is 0. The van der Waals surface area contributed by atoms with Crippen LogP contribution < -0.4 is 5.32 Å². The molecule has 8 N–H and O–H groups in total. The molecule has 1 aliphatic rings. The van der Waals surface area contributed by atoms with Gasteiger partial charge in [-0.05, 0) is 64.2 Å². The van der Waals surface area contributed by atoms with Crippen molar-refractivity contribution in [1.29, 1.82) is 0 Å². The average Bonchev–Trinajstić information content (AvgIpc) is 3.26. The van der Waals surface area contributed by atoms with E-state index in [0.29, 0.717) is 19.3 Å². The second-order valence-corrected chi connectivity index (χ2v) is 17.5. The zero-order valence-corrected chi connectivity index (χ0v) is 38.6. The Hall–Kier alpha value is -1.67. The van der Waals surface area contributed by atoms with E-state index in [-0.39, 0.29) is 12.8 Å². The zero-order chi connectivity index (χ0) is 44.8. The molecule has 358 valence electrons. The molecule has 1 aliphatic heterocycles. The number of carbonyl (C=O) groups is 1. The van der Waals surface area contributed by atoms with Crippen LogP contribution in [0.15, 0.2) is 36.5 Å². The average molecular weight is 868 g/mol. The summed E-state index contributed by atoms with van der Waals surface area (Å²) in [6.07, 6.45) is 34.8. The largest absolute Gasteiger partial charge is 0.394 e. The van der Waals surface area contributed by atoms with E-state index < -0.39 is 74.2 Å². The molecule has 11 heteroatoms. The highest BCUT2D eigenvalue weighted by Gasteiger charge is 2.44. The Labute approximate surface area is 371 Å². The van der Waals surface area contributed by atoms with Crippen LogP contribution in [-0.2, 0) is 14.3 Å². The molecule has 0 bridgehead atoms. The van der Waals surface area contributed by atoms with Crippen molar-refractivity contribution in [2.24, 2.45) is 0 Å². The molecular formula is C50H93NO10. The molecule has 0 aromatic rings. The van der Waals surface area contributed by atoms with Crippen LogP contribution in [0.2, 0.25) is 0 Å². The van der Waals surface area contributed by atoms with Gasteiger partial charge in [0.2, 0.25) is 5.91 Å². The predicted molar refractivity (Wildman–Crippen MR) is 247 cm³/mol. The van der Waals surface area contributed by atoms with Crippen LogP contribution in [0.3, 0.4) is 0 Å². The smallest absolute Gasteiger partial charge is 0.249 e. The van der Waals surface area contributed by atoms with Crippen LogP contribution in [0.5, 0.6) is 0 Å². The van der Waals surface area contributed by atoms with Gasteiger partial charge in [0.05, 0.1) is 25.4 Å². The van der Waals surface area contributed by atoms with Gasteiger partial charge in [-0.3, -0.25) is 4.79 Å². The van der Waals surface area contributed by atoms with Gasteiger partial charge >= 0.3 is 0 Å². The lowest BCUT2D eigenvalue weighted by atomic mass is 9.98. The minimum absolute atomic E-state index is 0.242. The van der Waals surface area contributed by atoms with E-state index in [1.807, 2.05) is 0 Å². The number of carbonyl (C=O) groups excluding carboxylic acids is 1. The number of amides is 1. The van der Waals surface area contributed by atoms with Gasteiger partial charge in [-0.15, -0.1) is 0 Å². The van der Waals surface area contributed by atoms with Crippen LogP contribution in [0.1, 0.15) is 206 Å². The van der Waals surface area contributed by atoms with Gasteiger partial charge in [0.25, 0.3) is 0 Å². The number of ether oxygens (including phenoxy) is 2. The molecule has 11 nitrogen and oxygen atoms in total. The fourth-order valence-electron chi connectivity index (χ4n) is 7.77. The zero-order valence-electron chi connectivity index (χ0n) is 38.6. The van der Waals surface area contributed by atoms with Crippen molar-refractivity contribution in [2.45, 2.75) is 262 Å². The van der Waals surface area contributed by atoms with Gasteiger partial charge in [0.1, 0.15) is 36.6 Å². The fourth-order valence-corrected chi connectivity index (χ4v) is 7.77. The Balaban J connectivity index is 2.44. The Bertz CT molecular complexity index is 1090. The number of aliphatic hydroxyl groups excluding tert-OH is 7. The molecule has 1 saturated heterocycles. The lowest BCUT2D eigenvalue weighted by Crippen LogP contribution is -2.60. The molecule has 1 rings (SSSR count). The molecule has 0 aromatic carbocycles. The lowest BCUT2D eigenvalue weighted by Gasteiger charge is -2.40. The van der Waals surface area contributed by atoms with Gasteiger partial charge in [-0.1, -0.05) is 179 Å². The minimum atomic E-state index is -1.67. The summed E-state index contributed by atoms with van der Waals surface area (Å²) in [6.45, 7) is 3.41. The first-order chi connectivity index (χ1) is 29.7. The normalized spacial score (nSPS) is 21.8. The number of unbranched alkanes of at least 4 members (excludes halogenated alkanes) is 23. The third kappa shape index (κ3) is 29.4. The monoisotopic (exact) mass is 868 g/mol. The molecule has 0 radical (unpaired) electrons. The van der Waals surface area contributed by atoms with Crippen molar-refractivity contribution in [2.75, 3.05) is 13.2 Å². The quantitative estimate of drug-likeness (QED) is 0.0218. The standard InChI is InChI=1S/C50H93NO10/c1-3-5-7-9-11-13-15-17-18-19-20-21-22-23-24-25-26-28-29-31-33-35-37-42(53)45(55)41(40-60-50-48(58)47(57)46(56)44(39-52)61-50)51-49(59)43(54)38-36-34-32-30-27-16-14-12-10-8-6-4-2/h20-21,24-25,29,31,41-48,50,52-58H,3-19,22-23,26-28,30,32-40H2,1-2H3,(H,51,59)/b21-20+,25-24+,31-29+. The summed E-state index contributed by atoms with van der Waals surface area (Å²) in [5.41, 5.74) is 0. The van der Waals surface area contributed by atoms with Crippen molar-refractivity contribution in [3.8, 4) is 0 Å². The van der Waals surface area contributed by atoms with Crippen molar-refractivity contribution < 1.29 is 50.0 Å². The summed E-state index contributed by atoms with van der Waals surface area (Å²) in [5.74, 6) is -0.713. The molecule has 1 fully saturated rings. The third-order valence-electron chi connectivity index (χ3n) is 11.9. The molecule has 1 heterocycles. The maximum absolute atomic E-state index is 13.1. The van der Waals surface area contributed by atoms with Crippen molar-refractivity contribution in [1.82, 2.24) is 5.32 Å². The highest BCUT2D eigenvalue weighted by molar-refractivity contribution is 5.80. The van der Waals surface area contributed by atoms with Crippen LogP contribution in [0, 0.1) is 0 Å². The highest BCUT2D eigenvalue weighted by Crippen LogP contribution is 2.23. The van der Waals surface area contributed by atoms with Crippen molar-refractivity contribution in [3.63, 3.8) is 0 Å². The second kappa shape index (κ2) is 39.9. The topological polar surface area (TPSA) is 189 Å². The molecule has 9 unspecified atom stereocenters. The van der Waals surface area contributed by atoms with Gasteiger partial charge in [-0.2, -0.15) is 0 Å². The van der Waals surface area contributed by atoms with E-state index in [1.165, 1.54) is 116 Å². The number of rotatable bonds is 41. The molecular weight excluding hydrogens is 775 g/mol. The minimum Gasteiger partial charge on any atom is -0.394 e. The third-order valence-corrected chi connectivity index (χ3v) is 11.9. The molecule has 0 spiro atoms. The molecule has 0 aliphatic carbocycles. The van der Waals surface area contributed by atoms with E-state index in [0.717, 1.165) is 44.9 Å². The van der Waals surface area contributed by atoms with Crippen molar-refractivity contribution in [3.05, 3.63) is 36.5 Å². The van der Waals surface area contributed by atoms with Crippen LogP contribution in [-0.4, -0.2) is 110 Å². The van der Waals surface area contributed by atoms with E-state index in [4.69, 9.17) is 9.47 Å². The Morgan fingerprint density at radius 3 is 1.46 bits per heavy atom. The van der Waals surface area contributed by atoms with E-state index in [1.54, 1.807) is 0 Å². The van der Waals surface area contributed by atoms with E-state index >= 15 is 0 Å².